The standard InChI is InChI=1S/C18H13BrCl2/c1-11-6-7-12(20)10-16(11)18(21)15-8-9-17(19)14-5-3-2-4-13(14)15/h2-10,18H,1H3. The van der Waals surface area contributed by atoms with Crippen molar-refractivity contribution in [1.82, 2.24) is 0 Å². The molecule has 3 rings (SSSR count). The SMILES string of the molecule is Cc1ccc(Cl)cc1C(Cl)c1ccc(Br)c2ccccc12. The lowest BCUT2D eigenvalue weighted by Crippen LogP contribution is -1.98. The van der Waals surface area contributed by atoms with E-state index < -0.39 is 0 Å². The molecular weight excluding hydrogens is 367 g/mol. The fraction of sp³-hybridized carbons (Fsp3) is 0.111. The highest BCUT2D eigenvalue weighted by Crippen LogP contribution is 2.38. The second-order valence-electron chi connectivity index (χ2n) is 5.05. The predicted octanol–water partition coefficient (Wildman–Crippen LogP) is 6.89. The van der Waals surface area contributed by atoms with Crippen molar-refractivity contribution in [3.05, 3.63) is 80.8 Å². The first kappa shape index (κ1) is 14.9. The Labute approximate surface area is 142 Å². The zero-order valence-electron chi connectivity index (χ0n) is 11.4. The molecule has 3 aromatic rings. The molecule has 0 N–H and O–H groups in total. The average Bonchev–Trinajstić information content (AvgIpc) is 2.50. The number of rotatable bonds is 2. The van der Waals surface area contributed by atoms with Gasteiger partial charge in [-0.1, -0.05) is 63.9 Å². The van der Waals surface area contributed by atoms with E-state index in [2.05, 4.69) is 41.1 Å². The van der Waals surface area contributed by atoms with Crippen molar-refractivity contribution < 1.29 is 0 Å². The predicted molar refractivity (Wildman–Crippen MR) is 95.5 cm³/mol. The van der Waals surface area contributed by atoms with Gasteiger partial charge in [0.05, 0.1) is 5.38 Å². The normalized spacial score (nSPS) is 12.6. The van der Waals surface area contributed by atoms with E-state index >= 15 is 0 Å². The summed E-state index contributed by atoms with van der Waals surface area (Å²) in [6.45, 7) is 2.06. The first-order chi connectivity index (χ1) is 10.1. The van der Waals surface area contributed by atoms with Gasteiger partial charge >= 0.3 is 0 Å². The van der Waals surface area contributed by atoms with Crippen LogP contribution in [-0.2, 0) is 0 Å². The molecule has 3 heteroatoms. The van der Waals surface area contributed by atoms with Crippen LogP contribution in [-0.4, -0.2) is 0 Å². The van der Waals surface area contributed by atoms with Crippen LogP contribution in [0.2, 0.25) is 5.02 Å². The highest BCUT2D eigenvalue weighted by atomic mass is 79.9. The van der Waals surface area contributed by atoms with E-state index in [1.54, 1.807) is 0 Å². The third-order valence-electron chi connectivity index (χ3n) is 3.69. The van der Waals surface area contributed by atoms with E-state index in [0.29, 0.717) is 5.02 Å². The van der Waals surface area contributed by atoms with Crippen molar-refractivity contribution in [1.29, 1.82) is 0 Å². The number of aryl methyl sites for hydroxylation is 1. The minimum absolute atomic E-state index is 0.221. The van der Waals surface area contributed by atoms with Gasteiger partial charge in [0.15, 0.2) is 0 Å². The van der Waals surface area contributed by atoms with Gasteiger partial charge in [-0.3, -0.25) is 0 Å². The molecule has 3 aromatic carbocycles. The molecule has 1 unspecified atom stereocenters. The van der Waals surface area contributed by atoms with Crippen LogP contribution in [0, 0.1) is 6.92 Å². The van der Waals surface area contributed by atoms with Crippen molar-refractivity contribution in [3.63, 3.8) is 0 Å². The maximum Gasteiger partial charge on any atom is 0.0844 e. The van der Waals surface area contributed by atoms with Crippen molar-refractivity contribution >= 4 is 49.9 Å². The fourth-order valence-electron chi connectivity index (χ4n) is 2.56. The summed E-state index contributed by atoms with van der Waals surface area (Å²) in [5.41, 5.74) is 3.30. The van der Waals surface area contributed by atoms with Gasteiger partial charge in [-0.05, 0) is 52.6 Å². The van der Waals surface area contributed by atoms with Crippen molar-refractivity contribution in [2.75, 3.05) is 0 Å². The molecule has 0 fully saturated rings. The summed E-state index contributed by atoms with van der Waals surface area (Å²) in [7, 11) is 0. The lowest BCUT2D eigenvalue weighted by molar-refractivity contribution is 1.13. The van der Waals surface area contributed by atoms with Crippen molar-refractivity contribution in [3.8, 4) is 0 Å². The van der Waals surface area contributed by atoms with Crippen LogP contribution in [0.5, 0.6) is 0 Å². The summed E-state index contributed by atoms with van der Waals surface area (Å²) in [5.74, 6) is 0. The van der Waals surface area contributed by atoms with E-state index in [-0.39, 0.29) is 5.38 Å². The molecule has 0 aliphatic heterocycles. The number of hydrogen-bond donors (Lipinski definition) is 0. The summed E-state index contributed by atoms with van der Waals surface area (Å²) >= 11 is 16.5. The molecule has 1 atom stereocenters. The molecule has 21 heavy (non-hydrogen) atoms. The monoisotopic (exact) mass is 378 g/mol. The highest BCUT2D eigenvalue weighted by molar-refractivity contribution is 9.10. The largest absolute Gasteiger partial charge is 0.113 e. The van der Waals surface area contributed by atoms with Gasteiger partial charge in [0, 0.05) is 9.50 Å². The summed E-state index contributed by atoms with van der Waals surface area (Å²) in [6, 6.07) is 18.2. The van der Waals surface area contributed by atoms with Crippen LogP contribution in [0.3, 0.4) is 0 Å². The minimum atomic E-state index is -0.221. The number of benzene rings is 3. The van der Waals surface area contributed by atoms with Gasteiger partial charge in [0.2, 0.25) is 0 Å². The molecule has 0 aromatic heterocycles. The third kappa shape index (κ3) is 2.83. The molecule has 0 aliphatic carbocycles. The molecule has 0 nitrogen and oxygen atoms in total. The Kier molecular flexibility index (Phi) is 4.26. The fourth-order valence-corrected chi connectivity index (χ4v) is 3.64. The van der Waals surface area contributed by atoms with Crippen LogP contribution in [0.25, 0.3) is 10.8 Å². The highest BCUT2D eigenvalue weighted by Gasteiger charge is 2.17. The van der Waals surface area contributed by atoms with Gasteiger partial charge in [0.25, 0.3) is 0 Å². The number of hydrogen-bond acceptors (Lipinski definition) is 0. The maximum atomic E-state index is 6.77. The molecule has 0 heterocycles. The Balaban J connectivity index is 2.20. The molecule has 0 spiro atoms. The van der Waals surface area contributed by atoms with Crippen LogP contribution in [0.15, 0.2) is 59.1 Å². The van der Waals surface area contributed by atoms with Gasteiger partial charge in [-0.25, -0.2) is 0 Å². The number of fused-ring (bicyclic) bond motifs is 1. The molecule has 0 radical (unpaired) electrons. The molecule has 0 bridgehead atoms. The van der Waals surface area contributed by atoms with Gasteiger partial charge < -0.3 is 0 Å². The molecule has 0 amide bonds. The lowest BCUT2D eigenvalue weighted by atomic mass is 9.95. The zero-order valence-corrected chi connectivity index (χ0v) is 14.5. The first-order valence-corrected chi connectivity index (χ1v) is 8.26. The maximum absolute atomic E-state index is 6.77. The minimum Gasteiger partial charge on any atom is -0.113 e. The van der Waals surface area contributed by atoms with Gasteiger partial charge in [-0.2, -0.15) is 0 Å². The number of halogens is 3. The van der Waals surface area contributed by atoms with Crippen LogP contribution >= 0.6 is 39.1 Å². The molecule has 0 aliphatic rings. The lowest BCUT2D eigenvalue weighted by Gasteiger charge is -2.16. The summed E-state index contributed by atoms with van der Waals surface area (Å²) in [5, 5.41) is 2.82. The zero-order chi connectivity index (χ0) is 15.0. The Bertz CT molecular complexity index is 811. The quantitative estimate of drug-likeness (QED) is 0.425. The van der Waals surface area contributed by atoms with E-state index in [9.17, 15) is 0 Å². The van der Waals surface area contributed by atoms with Crippen LogP contribution < -0.4 is 0 Å². The van der Waals surface area contributed by atoms with Gasteiger partial charge in [0.1, 0.15) is 0 Å². The topological polar surface area (TPSA) is 0 Å². The Hall–Kier alpha value is -1.02. The van der Waals surface area contributed by atoms with Crippen molar-refractivity contribution in [2.45, 2.75) is 12.3 Å². The second kappa shape index (κ2) is 6.00. The molecular formula is C18H13BrCl2. The number of alkyl halides is 1. The van der Waals surface area contributed by atoms with E-state index in [4.69, 9.17) is 23.2 Å². The van der Waals surface area contributed by atoms with Crippen LogP contribution in [0.4, 0.5) is 0 Å². The van der Waals surface area contributed by atoms with E-state index in [1.165, 1.54) is 5.39 Å². The summed E-state index contributed by atoms with van der Waals surface area (Å²) in [6.07, 6.45) is 0. The van der Waals surface area contributed by atoms with Crippen molar-refractivity contribution in [2.24, 2.45) is 0 Å². The molecule has 106 valence electrons. The molecule has 0 saturated carbocycles. The molecule has 0 saturated heterocycles. The Morgan fingerprint density at radius 2 is 1.62 bits per heavy atom. The van der Waals surface area contributed by atoms with Gasteiger partial charge in [-0.15, -0.1) is 11.6 Å². The third-order valence-corrected chi connectivity index (χ3v) is 5.09. The summed E-state index contributed by atoms with van der Waals surface area (Å²) in [4.78, 5) is 0. The first-order valence-electron chi connectivity index (χ1n) is 6.65. The Morgan fingerprint density at radius 1 is 0.905 bits per heavy atom. The summed E-state index contributed by atoms with van der Waals surface area (Å²) < 4.78 is 1.08. The smallest absolute Gasteiger partial charge is 0.0844 e. The van der Waals surface area contributed by atoms with E-state index in [0.717, 1.165) is 26.5 Å². The second-order valence-corrected chi connectivity index (χ2v) is 6.77. The van der Waals surface area contributed by atoms with Crippen LogP contribution in [0.1, 0.15) is 22.1 Å². The Morgan fingerprint density at radius 3 is 2.38 bits per heavy atom. The van der Waals surface area contributed by atoms with E-state index in [1.807, 2.05) is 36.4 Å². The average molecular weight is 380 g/mol.